The molecule has 1 N–H and O–H groups in total. The number of para-hydroxylation sites is 1. The molecule has 5 nitrogen and oxygen atoms in total. The highest BCUT2D eigenvalue weighted by Crippen LogP contribution is 2.27. The molecule has 2 aromatic rings. The maximum absolute atomic E-state index is 12.5. The van der Waals surface area contributed by atoms with Crippen LogP contribution in [0.25, 0.3) is 10.9 Å². The molecule has 6 heteroatoms. The second-order valence-corrected chi connectivity index (χ2v) is 7.00. The molecule has 122 valence electrons. The normalized spacial score (nSPS) is 15.8. The summed E-state index contributed by atoms with van der Waals surface area (Å²) in [6, 6.07) is 7.95. The Labute approximate surface area is 140 Å². The summed E-state index contributed by atoms with van der Waals surface area (Å²) in [6.07, 6.45) is 2.22. The van der Waals surface area contributed by atoms with Crippen molar-refractivity contribution in [2.24, 2.45) is 0 Å². The lowest BCUT2D eigenvalue weighted by atomic mass is 10.2. The van der Waals surface area contributed by atoms with Gasteiger partial charge in [-0.25, -0.2) is 9.97 Å². The van der Waals surface area contributed by atoms with Crippen LogP contribution >= 0.6 is 11.8 Å². The van der Waals surface area contributed by atoms with Crippen LogP contribution in [0.15, 0.2) is 29.4 Å². The average Bonchev–Trinajstić information content (AvgIpc) is 3.09. The number of nitrogens with zero attached hydrogens (tertiary/aromatic N) is 3. The molecular weight excluding hydrogens is 308 g/mol. The summed E-state index contributed by atoms with van der Waals surface area (Å²) in [5, 5.41) is 4.79. The minimum atomic E-state index is -0.163. The largest absolute Gasteiger partial charge is 0.370 e. The van der Waals surface area contributed by atoms with Gasteiger partial charge in [-0.15, -0.1) is 0 Å². The van der Waals surface area contributed by atoms with E-state index in [0.717, 1.165) is 49.2 Å². The van der Waals surface area contributed by atoms with E-state index < -0.39 is 0 Å². The third-order valence-electron chi connectivity index (χ3n) is 3.97. The predicted molar refractivity (Wildman–Crippen MR) is 94.8 cm³/mol. The topological polar surface area (TPSA) is 58.1 Å². The first kappa shape index (κ1) is 16.1. The Kier molecular flexibility index (Phi) is 5.00. The number of hydrogen-bond donors (Lipinski definition) is 1. The Hall–Kier alpha value is -1.82. The zero-order chi connectivity index (χ0) is 16.2. The highest BCUT2D eigenvalue weighted by atomic mass is 32.2. The smallest absolute Gasteiger partial charge is 0.235 e. The molecule has 3 rings (SSSR count). The summed E-state index contributed by atoms with van der Waals surface area (Å²) >= 11 is 1.44. The van der Waals surface area contributed by atoms with Gasteiger partial charge in [0.1, 0.15) is 5.82 Å². The van der Waals surface area contributed by atoms with Crippen molar-refractivity contribution in [3.8, 4) is 0 Å². The molecule has 1 atom stereocenters. The van der Waals surface area contributed by atoms with Crippen molar-refractivity contribution < 1.29 is 4.79 Å². The summed E-state index contributed by atoms with van der Waals surface area (Å²) in [7, 11) is 0. The van der Waals surface area contributed by atoms with Crippen molar-refractivity contribution in [2.45, 2.75) is 37.1 Å². The molecule has 1 unspecified atom stereocenters. The number of rotatable bonds is 5. The predicted octanol–water partition coefficient (Wildman–Crippen LogP) is 3.16. The fourth-order valence-electron chi connectivity index (χ4n) is 2.81. The highest BCUT2D eigenvalue weighted by Gasteiger charge is 2.25. The van der Waals surface area contributed by atoms with Gasteiger partial charge in [-0.1, -0.05) is 23.9 Å². The number of hydrogen-bond acceptors (Lipinski definition) is 5. The third kappa shape index (κ3) is 3.58. The number of likely N-dealkylation sites (tertiary alicyclic amines) is 1. The van der Waals surface area contributed by atoms with E-state index in [-0.39, 0.29) is 11.2 Å². The van der Waals surface area contributed by atoms with Crippen LogP contribution in [0.2, 0.25) is 0 Å². The highest BCUT2D eigenvalue weighted by molar-refractivity contribution is 8.00. The standard InChI is InChI=1S/C17H22N4OS/c1-3-18-15-13-8-4-5-9-14(13)19-17(20-15)23-12(2)16(22)21-10-6-7-11-21/h4-5,8-9,12H,3,6-7,10-11H2,1-2H3,(H,18,19,20). The molecule has 0 saturated carbocycles. The first-order valence-electron chi connectivity index (χ1n) is 8.15. The van der Waals surface area contributed by atoms with Crippen molar-refractivity contribution in [3.05, 3.63) is 24.3 Å². The van der Waals surface area contributed by atoms with Crippen molar-refractivity contribution in [1.82, 2.24) is 14.9 Å². The Balaban J connectivity index is 1.83. The van der Waals surface area contributed by atoms with Gasteiger partial charge in [-0.05, 0) is 38.8 Å². The van der Waals surface area contributed by atoms with E-state index >= 15 is 0 Å². The number of benzene rings is 1. The van der Waals surface area contributed by atoms with Crippen LogP contribution in [0.1, 0.15) is 26.7 Å². The maximum atomic E-state index is 12.5. The van der Waals surface area contributed by atoms with Crippen LogP contribution in [-0.2, 0) is 4.79 Å². The molecule has 1 amide bonds. The van der Waals surface area contributed by atoms with E-state index in [1.165, 1.54) is 11.8 Å². The molecule has 1 saturated heterocycles. The van der Waals surface area contributed by atoms with E-state index in [1.54, 1.807) is 0 Å². The van der Waals surface area contributed by atoms with Gasteiger partial charge < -0.3 is 10.2 Å². The zero-order valence-electron chi connectivity index (χ0n) is 13.6. The number of carbonyl (C=O) groups is 1. The molecule has 1 aliphatic heterocycles. The first-order valence-corrected chi connectivity index (χ1v) is 9.03. The molecule has 1 aromatic carbocycles. The minimum absolute atomic E-state index is 0.163. The van der Waals surface area contributed by atoms with Gasteiger partial charge in [0.05, 0.1) is 10.8 Å². The molecule has 1 fully saturated rings. The van der Waals surface area contributed by atoms with Gasteiger partial charge in [0.25, 0.3) is 0 Å². The molecule has 1 aromatic heterocycles. The second kappa shape index (κ2) is 7.17. The number of anilines is 1. The number of fused-ring (bicyclic) bond motifs is 1. The number of carbonyl (C=O) groups excluding carboxylic acids is 1. The summed E-state index contributed by atoms with van der Waals surface area (Å²) in [5.74, 6) is 1.02. The number of aromatic nitrogens is 2. The molecule has 23 heavy (non-hydrogen) atoms. The Bertz CT molecular complexity index is 700. The van der Waals surface area contributed by atoms with Gasteiger partial charge in [0.15, 0.2) is 5.16 Å². The molecule has 0 aliphatic carbocycles. The lowest BCUT2D eigenvalue weighted by Gasteiger charge is -2.19. The molecule has 2 heterocycles. The van der Waals surface area contributed by atoms with E-state index in [9.17, 15) is 4.79 Å². The summed E-state index contributed by atoms with van der Waals surface area (Å²) in [5.41, 5.74) is 0.904. The molecule has 0 bridgehead atoms. The van der Waals surface area contributed by atoms with E-state index in [1.807, 2.05) is 43.0 Å². The Morgan fingerprint density at radius 1 is 1.30 bits per heavy atom. The number of thioether (sulfide) groups is 1. The summed E-state index contributed by atoms with van der Waals surface area (Å²) in [4.78, 5) is 23.6. The third-order valence-corrected chi connectivity index (χ3v) is 4.92. The van der Waals surface area contributed by atoms with E-state index in [4.69, 9.17) is 0 Å². The van der Waals surface area contributed by atoms with Crippen molar-refractivity contribution in [1.29, 1.82) is 0 Å². The zero-order valence-corrected chi connectivity index (χ0v) is 14.4. The molecule has 1 aliphatic rings. The molecule has 0 radical (unpaired) electrons. The number of amides is 1. The van der Waals surface area contributed by atoms with Gasteiger partial charge in [-0.3, -0.25) is 4.79 Å². The van der Waals surface area contributed by atoms with Gasteiger partial charge in [0, 0.05) is 25.0 Å². The number of nitrogens with one attached hydrogen (secondary N) is 1. The minimum Gasteiger partial charge on any atom is -0.370 e. The van der Waals surface area contributed by atoms with Gasteiger partial charge in [-0.2, -0.15) is 0 Å². The first-order chi connectivity index (χ1) is 11.2. The fourth-order valence-corrected chi connectivity index (χ4v) is 3.67. The monoisotopic (exact) mass is 330 g/mol. The fraction of sp³-hybridized carbons (Fsp3) is 0.471. The van der Waals surface area contributed by atoms with Crippen LogP contribution in [-0.4, -0.2) is 45.7 Å². The van der Waals surface area contributed by atoms with E-state index in [2.05, 4.69) is 15.3 Å². The van der Waals surface area contributed by atoms with Crippen molar-refractivity contribution >= 4 is 34.4 Å². The summed E-state index contributed by atoms with van der Waals surface area (Å²) in [6.45, 7) is 6.54. The van der Waals surface area contributed by atoms with Crippen molar-refractivity contribution in [3.63, 3.8) is 0 Å². The van der Waals surface area contributed by atoms with E-state index in [0.29, 0.717) is 5.16 Å². The van der Waals surface area contributed by atoms with Gasteiger partial charge in [0.2, 0.25) is 5.91 Å². The SMILES string of the molecule is CCNc1nc(SC(C)C(=O)N2CCCC2)nc2ccccc12. The summed E-state index contributed by atoms with van der Waals surface area (Å²) < 4.78 is 0. The molecular formula is C17H22N4OS. The van der Waals surface area contributed by atoms with Gasteiger partial charge >= 0.3 is 0 Å². The Morgan fingerprint density at radius 2 is 2.04 bits per heavy atom. The molecule has 0 spiro atoms. The maximum Gasteiger partial charge on any atom is 0.235 e. The lowest BCUT2D eigenvalue weighted by molar-refractivity contribution is -0.129. The van der Waals surface area contributed by atoms with Crippen LogP contribution in [0, 0.1) is 0 Å². The van der Waals surface area contributed by atoms with Crippen molar-refractivity contribution in [2.75, 3.05) is 25.0 Å². The lowest BCUT2D eigenvalue weighted by Crippen LogP contribution is -2.34. The van der Waals surface area contributed by atoms with Crippen LogP contribution < -0.4 is 5.32 Å². The second-order valence-electron chi connectivity index (χ2n) is 5.69. The quantitative estimate of drug-likeness (QED) is 0.674. The van der Waals surface area contributed by atoms with Crippen LogP contribution in [0.3, 0.4) is 0 Å². The average molecular weight is 330 g/mol. The van der Waals surface area contributed by atoms with Crippen LogP contribution in [0.4, 0.5) is 5.82 Å². The Morgan fingerprint density at radius 3 is 2.78 bits per heavy atom. The van der Waals surface area contributed by atoms with Crippen LogP contribution in [0.5, 0.6) is 0 Å².